The van der Waals surface area contributed by atoms with Crippen LogP contribution in [-0.2, 0) is 11.2 Å². The molecule has 1 aliphatic rings. The summed E-state index contributed by atoms with van der Waals surface area (Å²) in [5.74, 6) is 1.18. The first-order valence-corrected chi connectivity index (χ1v) is 8.03. The number of aromatic nitrogens is 3. The first-order valence-electron chi connectivity index (χ1n) is 8.03. The number of hydrogen-bond donors (Lipinski definition) is 1. The number of oxazole rings is 1. The number of carbonyl (C=O) groups is 1. The highest BCUT2D eigenvalue weighted by Crippen LogP contribution is 2.41. The zero-order valence-electron chi connectivity index (χ0n) is 13.4. The van der Waals surface area contributed by atoms with Crippen LogP contribution in [0.25, 0.3) is 5.69 Å². The van der Waals surface area contributed by atoms with Gasteiger partial charge in [-0.25, -0.2) is 4.98 Å². The van der Waals surface area contributed by atoms with Crippen LogP contribution in [0.15, 0.2) is 47.4 Å². The minimum absolute atomic E-state index is 0.131. The summed E-state index contributed by atoms with van der Waals surface area (Å²) in [5.41, 5.74) is 2.92. The van der Waals surface area contributed by atoms with E-state index < -0.39 is 0 Å². The maximum absolute atomic E-state index is 12.2. The first-order chi connectivity index (χ1) is 11.7. The van der Waals surface area contributed by atoms with Crippen molar-refractivity contribution in [1.82, 2.24) is 14.5 Å². The molecule has 1 aliphatic carbocycles. The van der Waals surface area contributed by atoms with Crippen LogP contribution < -0.4 is 5.32 Å². The summed E-state index contributed by atoms with van der Waals surface area (Å²) in [6.45, 7) is 1.89. The highest BCUT2D eigenvalue weighted by atomic mass is 16.4. The molecule has 3 aromatic rings. The molecule has 0 bridgehead atoms. The zero-order valence-corrected chi connectivity index (χ0v) is 13.4. The Hall–Kier alpha value is -2.89. The van der Waals surface area contributed by atoms with E-state index in [1.807, 2.05) is 42.0 Å². The lowest BCUT2D eigenvalue weighted by molar-refractivity contribution is -0.115. The van der Waals surface area contributed by atoms with Gasteiger partial charge in [-0.15, -0.1) is 0 Å². The summed E-state index contributed by atoms with van der Waals surface area (Å²) in [5, 5.41) is 2.74. The third kappa shape index (κ3) is 3.08. The Kier molecular flexibility index (Phi) is 3.65. The van der Waals surface area contributed by atoms with Gasteiger partial charge in [-0.1, -0.05) is 12.1 Å². The van der Waals surface area contributed by atoms with Crippen LogP contribution in [0, 0.1) is 6.92 Å². The fraction of sp³-hybridized carbons (Fsp3) is 0.278. The van der Waals surface area contributed by atoms with Crippen molar-refractivity contribution in [2.24, 2.45) is 0 Å². The normalized spacial score (nSPS) is 13.9. The van der Waals surface area contributed by atoms with E-state index >= 15 is 0 Å². The van der Waals surface area contributed by atoms with Crippen molar-refractivity contribution in [3.8, 4) is 5.69 Å². The molecule has 1 fully saturated rings. The van der Waals surface area contributed by atoms with Crippen molar-refractivity contribution in [2.45, 2.75) is 32.1 Å². The number of nitrogens with one attached hydrogen (secondary N) is 1. The second-order valence-electron chi connectivity index (χ2n) is 6.10. The number of imidazole rings is 1. The van der Waals surface area contributed by atoms with E-state index in [1.54, 1.807) is 12.5 Å². The number of benzene rings is 1. The van der Waals surface area contributed by atoms with Crippen molar-refractivity contribution in [3.05, 3.63) is 60.0 Å². The van der Waals surface area contributed by atoms with Crippen molar-refractivity contribution in [1.29, 1.82) is 0 Å². The summed E-state index contributed by atoms with van der Waals surface area (Å²) in [7, 11) is 0. The number of anilines is 1. The number of hydrogen-bond acceptors (Lipinski definition) is 4. The lowest BCUT2D eigenvalue weighted by atomic mass is 10.1. The summed E-state index contributed by atoms with van der Waals surface area (Å²) >= 11 is 0. The maximum atomic E-state index is 12.2. The highest BCUT2D eigenvalue weighted by Gasteiger charge is 2.29. The minimum atomic E-state index is -0.131. The molecule has 0 unspecified atom stereocenters. The molecule has 2 aromatic heterocycles. The van der Waals surface area contributed by atoms with Gasteiger partial charge in [0, 0.05) is 24.0 Å². The predicted octanol–water partition coefficient (Wildman–Crippen LogP) is 3.23. The lowest BCUT2D eigenvalue weighted by Gasteiger charge is -2.04. The van der Waals surface area contributed by atoms with Gasteiger partial charge in [0.15, 0.2) is 0 Å². The smallest absolute Gasteiger partial charge is 0.301 e. The number of amides is 1. The minimum Gasteiger partial charge on any atom is -0.428 e. The van der Waals surface area contributed by atoms with Gasteiger partial charge in [0.2, 0.25) is 5.91 Å². The molecule has 24 heavy (non-hydrogen) atoms. The van der Waals surface area contributed by atoms with Gasteiger partial charge in [0.1, 0.15) is 5.76 Å². The molecule has 1 N–H and O–H groups in total. The molecule has 0 aliphatic heterocycles. The molecule has 0 atom stereocenters. The predicted molar refractivity (Wildman–Crippen MR) is 89.1 cm³/mol. The molecule has 1 amide bonds. The van der Waals surface area contributed by atoms with Crippen LogP contribution in [0.3, 0.4) is 0 Å². The van der Waals surface area contributed by atoms with Gasteiger partial charge in [-0.2, -0.15) is 4.98 Å². The van der Waals surface area contributed by atoms with E-state index in [0.717, 1.165) is 35.5 Å². The third-order valence-corrected chi connectivity index (χ3v) is 4.15. The average Bonchev–Trinajstić information content (AvgIpc) is 3.12. The molecule has 6 nitrogen and oxygen atoms in total. The Balaban J connectivity index is 1.39. The average molecular weight is 322 g/mol. The van der Waals surface area contributed by atoms with Crippen molar-refractivity contribution >= 4 is 11.9 Å². The second kappa shape index (κ2) is 5.96. The van der Waals surface area contributed by atoms with E-state index in [-0.39, 0.29) is 12.3 Å². The van der Waals surface area contributed by atoms with E-state index in [9.17, 15) is 4.79 Å². The van der Waals surface area contributed by atoms with Gasteiger partial charge in [0.05, 0.1) is 18.4 Å². The fourth-order valence-electron chi connectivity index (χ4n) is 2.74. The molecule has 0 saturated heterocycles. The summed E-state index contributed by atoms with van der Waals surface area (Å²) < 4.78 is 7.45. The monoisotopic (exact) mass is 322 g/mol. The van der Waals surface area contributed by atoms with Gasteiger partial charge < -0.3 is 8.98 Å². The highest BCUT2D eigenvalue weighted by molar-refractivity contribution is 5.90. The molecule has 1 saturated carbocycles. The van der Waals surface area contributed by atoms with Crippen LogP contribution >= 0.6 is 0 Å². The third-order valence-electron chi connectivity index (χ3n) is 4.15. The Morgan fingerprint density at radius 3 is 2.79 bits per heavy atom. The van der Waals surface area contributed by atoms with Crippen molar-refractivity contribution in [3.63, 3.8) is 0 Å². The number of aryl methyl sites for hydroxylation is 1. The number of nitrogens with zero attached hydrogens (tertiary/aromatic N) is 3. The van der Waals surface area contributed by atoms with Crippen LogP contribution in [0.1, 0.15) is 35.8 Å². The second-order valence-corrected chi connectivity index (χ2v) is 6.10. The van der Waals surface area contributed by atoms with Gasteiger partial charge in [0.25, 0.3) is 0 Å². The fourth-order valence-corrected chi connectivity index (χ4v) is 2.74. The van der Waals surface area contributed by atoms with E-state index in [2.05, 4.69) is 15.3 Å². The Bertz CT molecular complexity index is 846. The summed E-state index contributed by atoms with van der Waals surface area (Å²) in [6.07, 6.45) is 7.95. The van der Waals surface area contributed by atoms with E-state index in [1.165, 1.54) is 0 Å². The van der Waals surface area contributed by atoms with Crippen molar-refractivity contribution in [2.75, 3.05) is 5.32 Å². The lowest BCUT2D eigenvalue weighted by Crippen LogP contribution is -2.14. The molecule has 1 aromatic carbocycles. The quantitative estimate of drug-likeness (QED) is 0.783. The Morgan fingerprint density at radius 1 is 1.33 bits per heavy atom. The molecule has 4 rings (SSSR count). The summed E-state index contributed by atoms with van der Waals surface area (Å²) in [4.78, 5) is 20.6. The molecule has 6 heteroatoms. The van der Waals surface area contributed by atoms with E-state index in [0.29, 0.717) is 11.9 Å². The molecule has 0 spiro atoms. The van der Waals surface area contributed by atoms with Crippen molar-refractivity contribution < 1.29 is 9.21 Å². The van der Waals surface area contributed by atoms with Gasteiger partial charge in [-0.3, -0.25) is 10.1 Å². The Labute approximate surface area is 139 Å². The molecule has 0 radical (unpaired) electrons. The largest absolute Gasteiger partial charge is 0.428 e. The van der Waals surface area contributed by atoms with Crippen LogP contribution in [0.5, 0.6) is 0 Å². The summed E-state index contributed by atoms with van der Waals surface area (Å²) in [6, 6.07) is 8.10. The first kappa shape index (κ1) is 14.7. The molecule has 2 heterocycles. The zero-order chi connectivity index (χ0) is 16.5. The maximum Gasteiger partial charge on any atom is 0.301 e. The SMILES string of the molecule is Cc1oc(NC(=O)Cc2ccc(-n3ccnc3)cc2)nc1C1CC1. The molecular formula is C18H18N4O2. The van der Waals surface area contributed by atoms with Gasteiger partial charge in [-0.05, 0) is 37.5 Å². The number of carbonyl (C=O) groups excluding carboxylic acids is 1. The van der Waals surface area contributed by atoms with Gasteiger partial charge >= 0.3 is 6.01 Å². The Morgan fingerprint density at radius 2 is 2.12 bits per heavy atom. The van der Waals surface area contributed by atoms with Crippen LogP contribution in [0.4, 0.5) is 6.01 Å². The molecular weight excluding hydrogens is 304 g/mol. The standard InChI is InChI=1S/C18H18N4O2/c1-12-17(14-4-5-14)21-18(24-12)20-16(23)10-13-2-6-15(7-3-13)22-9-8-19-11-22/h2-3,6-9,11,14H,4-5,10H2,1H3,(H,20,21,23). The van der Waals surface area contributed by atoms with Crippen LogP contribution in [0.2, 0.25) is 0 Å². The van der Waals surface area contributed by atoms with E-state index in [4.69, 9.17) is 4.42 Å². The number of rotatable bonds is 5. The van der Waals surface area contributed by atoms with Crippen LogP contribution in [-0.4, -0.2) is 20.4 Å². The topological polar surface area (TPSA) is 73.0 Å². The molecule has 122 valence electrons.